The number of carbonyl (C=O) groups is 1. The molecule has 7 heteroatoms. The molecule has 0 heterocycles. The molecule has 1 aromatic rings. The monoisotopic (exact) mass is 294 g/mol. The Morgan fingerprint density at radius 3 is 2.42 bits per heavy atom. The van der Waals surface area contributed by atoms with Crippen molar-refractivity contribution in [2.75, 3.05) is 5.75 Å². The van der Waals surface area contributed by atoms with E-state index >= 15 is 0 Å². The molecular weight excluding hydrogens is 281 g/mol. The molecule has 0 aliphatic heterocycles. The minimum Gasteiger partial charge on any atom is -0.299 e. The molecule has 0 aliphatic rings. The maximum Gasteiger partial charge on any atom is 0.416 e. The Morgan fingerprint density at radius 2 is 1.89 bits per heavy atom. The smallest absolute Gasteiger partial charge is 0.299 e. The molecule has 0 spiro atoms. The minimum atomic E-state index is -4.61. The van der Waals surface area contributed by atoms with Crippen LogP contribution in [-0.4, -0.2) is 20.0 Å². The van der Waals surface area contributed by atoms with E-state index in [9.17, 15) is 26.4 Å². The molecule has 0 fully saturated rings. The van der Waals surface area contributed by atoms with Gasteiger partial charge in [-0.05, 0) is 24.6 Å². The van der Waals surface area contributed by atoms with E-state index in [4.69, 9.17) is 0 Å². The molecule has 1 aromatic carbocycles. The molecule has 0 bridgehead atoms. The van der Waals surface area contributed by atoms with Gasteiger partial charge in [-0.15, -0.1) is 0 Å². The summed E-state index contributed by atoms with van der Waals surface area (Å²) in [6.45, 7) is 1.72. The van der Waals surface area contributed by atoms with Gasteiger partial charge in [-0.2, -0.15) is 13.2 Å². The van der Waals surface area contributed by atoms with E-state index in [-0.39, 0.29) is 6.42 Å². The van der Waals surface area contributed by atoms with Crippen LogP contribution in [0.15, 0.2) is 29.2 Å². The summed E-state index contributed by atoms with van der Waals surface area (Å²) < 4.78 is 61.0. The first-order valence-electron chi connectivity index (χ1n) is 5.58. The standard InChI is InChI=1S/C12H13F3O3S/c1-2-4-10(16)8-19(17,18)11-6-3-5-9(7-11)12(13,14)15/h3,5-7H,2,4,8H2,1H3. The van der Waals surface area contributed by atoms with E-state index in [1.807, 2.05) is 0 Å². The van der Waals surface area contributed by atoms with Gasteiger partial charge in [0.25, 0.3) is 0 Å². The molecule has 0 saturated carbocycles. The lowest BCUT2D eigenvalue weighted by Crippen LogP contribution is -2.16. The van der Waals surface area contributed by atoms with Crippen molar-refractivity contribution in [1.82, 2.24) is 0 Å². The van der Waals surface area contributed by atoms with Crippen LogP contribution in [0.2, 0.25) is 0 Å². The highest BCUT2D eigenvalue weighted by molar-refractivity contribution is 7.92. The lowest BCUT2D eigenvalue weighted by Gasteiger charge is -2.09. The molecule has 3 nitrogen and oxygen atoms in total. The Kier molecular flexibility index (Phi) is 4.73. The van der Waals surface area contributed by atoms with Gasteiger partial charge in [-0.3, -0.25) is 4.79 Å². The van der Waals surface area contributed by atoms with Crippen LogP contribution in [0.4, 0.5) is 13.2 Å². The van der Waals surface area contributed by atoms with Crippen LogP contribution >= 0.6 is 0 Å². The summed E-state index contributed by atoms with van der Waals surface area (Å²) in [7, 11) is -4.01. The first-order chi connectivity index (χ1) is 8.66. The summed E-state index contributed by atoms with van der Waals surface area (Å²) in [5, 5.41) is 0. The van der Waals surface area contributed by atoms with Crippen LogP contribution in [-0.2, 0) is 20.8 Å². The van der Waals surface area contributed by atoms with Gasteiger partial charge in [-0.1, -0.05) is 13.0 Å². The third-order valence-electron chi connectivity index (χ3n) is 2.40. The Labute approximate surface area is 109 Å². The molecule has 0 unspecified atom stereocenters. The van der Waals surface area contributed by atoms with Gasteiger partial charge in [0.05, 0.1) is 10.5 Å². The van der Waals surface area contributed by atoms with Crippen molar-refractivity contribution in [2.24, 2.45) is 0 Å². The average Bonchev–Trinajstić information content (AvgIpc) is 2.27. The number of rotatable bonds is 5. The maximum absolute atomic E-state index is 12.5. The first kappa shape index (κ1) is 15.7. The molecule has 19 heavy (non-hydrogen) atoms. The topological polar surface area (TPSA) is 51.2 Å². The number of benzene rings is 1. The van der Waals surface area contributed by atoms with Crippen molar-refractivity contribution >= 4 is 15.6 Å². The Balaban J connectivity index is 3.06. The van der Waals surface area contributed by atoms with Crippen molar-refractivity contribution in [3.8, 4) is 0 Å². The maximum atomic E-state index is 12.5. The number of hydrogen-bond donors (Lipinski definition) is 0. The van der Waals surface area contributed by atoms with Gasteiger partial charge in [-0.25, -0.2) is 8.42 Å². The molecule has 0 saturated heterocycles. The van der Waals surface area contributed by atoms with E-state index in [0.717, 1.165) is 18.2 Å². The van der Waals surface area contributed by atoms with E-state index in [1.54, 1.807) is 6.92 Å². The van der Waals surface area contributed by atoms with Gasteiger partial charge >= 0.3 is 6.18 Å². The van der Waals surface area contributed by atoms with Crippen LogP contribution in [0.25, 0.3) is 0 Å². The minimum absolute atomic E-state index is 0.0954. The Hall–Kier alpha value is -1.37. The fourth-order valence-corrected chi connectivity index (χ4v) is 2.84. The van der Waals surface area contributed by atoms with E-state index < -0.39 is 38.0 Å². The van der Waals surface area contributed by atoms with Crippen LogP contribution in [0.5, 0.6) is 0 Å². The highest BCUT2D eigenvalue weighted by atomic mass is 32.2. The predicted octanol–water partition coefficient (Wildman–Crippen LogP) is 2.85. The molecule has 0 N–H and O–H groups in total. The molecule has 0 radical (unpaired) electrons. The van der Waals surface area contributed by atoms with Crippen molar-refractivity contribution in [2.45, 2.75) is 30.8 Å². The molecule has 106 valence electrons. The number of carbonyl (C=O) groups excluding carboxylic acids is 1. The average molecular weight is 294 g/mol. The molecule has 0 aliphatic carbocycles. The van der Waals surface area contributed by atoms with Crippen molar-refractivity contribution in [3.05, 3.63) is 29.8 Å². The molecular formula is C12H13F3O3S. The van der Waals surface area contributed by atoms with Crippen molar-refractivity contribution in [1.29, 1.82) is 0 Å². The summed E-state index contributed by atoms with van der Waals surface area (Å²) in [6, 6.07) is 3.41. The van der Waals surface area contributed by atoms with E-state index in [1.165, 1.54) is 0 Å². The second-order valence-electron chi connectivity index (χ2n) is 4.07. The fraction of sp³-hybridized carbons (Fsp3) is 0.417. The van der Waals surface area contributed by atoms with Gasteiger partial charge in [0.15, 0.2) is 9.84 Å². The van der Waals surface area contributed by atoms with Crippen LogP contribution in [0.1, 0.15) is 25.3 Å². The molecule has 1 rings (SSSR count). The summed E-state index contributed by atoms with van der Waals surface area (Å²) in [4.78, 5) is 10.8. The largest absolute Gasteiger partial charge is 0.416 e. The number of Topliss-reactive ketones (excluding diaryl/α,β-unsaturated/α-hetero) is 1. The van der Waals surface area contributed by atoms with Crippen LogP contribution < -0.4 is 0 Å². The number of halogens is 3. The van der Waals surface area contributed by atoms with Gasteiger partial charge in [0.2, 0.25) is 0 Å². The molecule has 0 aromatic heterocycles. The lowest BCUT2D eigenvalue weighted by molar-refractivity contribution is -0.137. The zero-order valence-electron chi connectivity index (χ0n) is 10.2. The summed E-state index contributed by atoms with van der Waals surface area (Å²) in [6.07, 6.45) is -4.02. The SMILES string of the molecule is CCCC(=O)CS(=O)(=O)c1cccc(C(F)(F)F)c1. The number of ketones is 1. The lowest BCUT2D eigenvalue weighted by atomic mass is 10.2. The number of alkyl halides is 3. The fourth-order valence-electron chi connectivity index (χ4n) is 1.51. The normalized spacial score (nSPS) is 12.4. The zero-order chi connectivity index (χ0) is 14.7. The second kappa shape index (κ2) is 5.73. The van der Waals surface area contributed by atoms with Crippen molar-refractivity contribution < 1.29 is 26.4 Å². The van der Waals surface area contributed by atoms with Gasteiger partial charge in [0, 0.05) is 6.42 Å². The quantitative estimate of drug-likeness (QED) is 0.839. The van der Waals surface area contributed by atoms with E-state index in [0.29, 0.717) is 12.5 Å². The first-order valence-corrected chi connectivity index (χ1v) is 7.24. The second-order valence-corrected chi connectivity index (χ2v) is 6.06. The highest BCUT2D eigenvalue weighted by Crippen LogP contribution is 2.30. The highest BCUT2D eigenvalue weighted by Gasteiger charge is 2.31. The number of hydrogen-bond acceptors (Lipinski definition) is 3. The van der Waals surface area contributed by atoms with Crippen molar-refractivity contribution in [3.63, 3.8) is 0 Å². The summed E-state index contributed by atoms with van der Waals surface area (Å²) in [5.74, 6) is -1.26. The predicted molar refractivity (Wildman–Crippen MR) is 63.4 cm³/mol. The van der Waals surface area contributed by atoms with E-state index in [2.05, 4.69) is 0 Å². The molecule has 0 amide bonds. The van der Waals surface area contributed by atoms with Gasteiger partial charge < -0.3 is 0 Å². The van der Waals surface area contributed by atoms with Gasteiger partial charge in [0.1, 0.15) is 11.5 Å². The summed E-state index contributed by atoms with van der Waals surface area (Å²) in [5.41, 5.74) is -1.04. The number of sulfone groups is 1. The third-order valence-corrected chi connectivity index (χ3v) is 4.07. The Bertz CT molecular complexity index is 562. The third kappa shape index (κ3) is 4.34. The Morgan fingerprint density at radius 1 is 1.26 bits per heavy atom. The summed E-state index contributed by atoms with van der Waals surface area (Å²) >= 11 is 0. The van der Waals surface area contributed by atoms with Crippen LogP contribution in [0.3, 0.4) is 0 Å². The zero-order valence-corrected chi connectivity index (χ0v) is 11.0. The molecule has 0 atom stereocenters. The van der Waals surface area contributed by atoms with Crippen LogP contribution in [0, 0.1) is 0 Å².